The summed E-state index contributed by atoms with van der Waals surface area (Å²) in [6.45, 7) is 0.520. The van der Waals surface area contributed by atoms with E-state index in [2.05, 4.69) is 42.5 Å². The quantitative estimate of drug-likeness (QED) is 0.159. The van der Waals surface area contributed by atoms with Crippen molar-refractivity contribution in [2.75, 3.05) is 31.2 Å². The van der Waals surface area contributed by atoms with Crippen LogP contribution in [0.1, 0.15) is 10.4 Å². The Kier molecular flexibility index (Phi) is 9.73. The van der Waals surface area contributed by atoms with Crippen molar-refractivity contribution in [2.45, 2.75) is 6.61 Å². The van der Waals surface area contributed by atoms with E-state index >= 15 is 0 Å². The number of aromatic nitrogens is 2. The van der Waals surface area contributed by atoms with Gasteiger partial charge in [-0.25, -0.2) is 32.3 Å². The van der Waals surface area contributed by atoms with Gasteiger partial charge in [-0.15, -0.1) is 11.3 Å². The van der Waals surface area contributed by atoms with Crippen LogP contribution in [0.3, 0.4) is 0 Å². The predicted molar refractivity (Wildman–Crippen MR) is 154 cm³/mol. The van der Waals surface area contributed by atoms with Crippen molar-refractivity contribution in [2.24, 2.45) is 0 Å². The summed E-state index contributed by atoms with van der Waals surface area (Å²) in [5.41, 5.74) is 2.08. The van der Waals surface area contributed by atoms with E-state index in [4.69, 9.17) is 16.3 Å². The molecule has 0 unspecified atom stereocenters. The maximum absolute atomic E-state index is 13.4. The third-order valence-corrected chi connectivity index (χ3v) is 7.18. The van der Waals surface area contributed by atoms with Gasteiger partial charge in [0.1, 0.15) is 24.5 Å². The van der Waals surface area contributed by atoms with Crippen LogP contribution in [0, 0.1) is 17.7 Å². The minimum atomic E-state index is -3.30. The summed E-state index contributed by atoms with van der Waals surface area (Å²) in [5.74, 6) is 6.58. The molecule has 4 rings (SSSR count). The normalized spacial score (nSPS) is 11.0. The molecule has 0 bridgehead atoms. The number of sulfonamides is 1. The number of carbonyl (C=O) groups excluding carboxylic acids is 1. The highest BCUT2D eigenvalue weighted by Crippen LogP contribution is 2.33. The zero-order valence-electron chi connectivity index (χ0n) is 21.1. The molecule has 2 heterocycles. The van der Waals surface area contributed by atoms with Crippen molar-refractivity contribution >= 4 is 60.7 Å². The van der Waals surface area contributed by atoms with Crippen LogP contribution in [-0.4, -0.2) is 50.3 Å². The van der Waals surface area contributed by atoms with Crippen LogP contribution in [0.4, 0.5) is 20.7 Å². The number of hydrogen-bond donors (Lipinski definition) is 4. The van der Waals surface area contributed by atoms with Crippen molar-refractivity contribution < 1.29 is 22.3 Å². The Balaban J connectivity index is 1.33. The van der Waals surface area contributed by atoms with E-state index in [9.17, 15) is 17.6 Å². The number of ether oxygens (including phenoxy) is 1. The van der Waals surface area contributed by atoms with Crippen molar-refractivity contribution in [3.05, 3.63) is 76.1 Å². The third kappa shape index (κ3) is 8.78. The molecule has 0 fully saturated rings. The monoisotopic (exact) mass is 602 g/mol. The lowest BCUT2D eigenvalue weighted by atomic mass is 10.2. The maximum atomic E-state index is 13.4. The number of anilines is 2. The van der Waals surface area contributed by atoms with Crippen LogP contribution < -0.4 is 25.4 Å². The number of rotatable bonds is 10. The molecule has 0 aliphatic rings. The molecule has 0 atom stereocenters. The predicted octanol–water partition coefficient (Wildman–Crippen LogP) is 4.01. The van der Waals surface area contributed by atoms with Gasteiger partial charge in [0.05, 0.1) is 32.9 Å². The van der Waals surface area contributed by atoms with Crippen molar-refractivity contribution in [3.8, 4) is 17.6 Å². The molecule has 0 saturated heterocycles. The van der Waals surface area contributed by atoms with Gasteiger partial charge in [-0.3, -0.25) is 0 Å². The Morgan fingerprint density at radius 3 is 2.75 bits per heavy atom. The molecular formula is C26H24ClFN6O4S2. The van der Waals surface area contributed by atoms with Gasteiger partial charge in [0.15, 0.2) is 5.82 Å². The van der Waals surface area contributed by atoms with Gasteiger partial charge in [-0.05, 0) is 42.0 Å². The lowest BCUT2D eigenvalue weighted by Crippen LogP contribution is -2.40. The fourth-order valence-corrected chi connectivity index (χ4v) is 4.99. The Labute approximate surface area is 239 Å². The summed E-state index contributed by atoms with van der Waals surface area (Å²) in [6.07, 6.45) is 2.49. The Hall–Kier alpha value is -3.96. The molecule has 0 aliphatic heterocycles. The van der Waals surface area contributed by atoms with E-state index in [1.165, 1.54) is 29.8 Å². The molecule has 208 valence electrons. The van der Waals surface area contributed by atoms with Crippen molar-refractivity contribution in [1.29, 1.82) is 0 Å². The molecule has 4 aromatic rings. The second-order valence-corrected chi connectivity index (χ2v) is 11.6. The van der Waals surface area contributed by atoms with Gasteiger partial charge < -0.3 is 20.7 Å². The smallest absolute Gasteiger partial charge is 0.315 e. The molecule has 2 amide bonds. The number of amides is 2. The van der Waals surface area contributed by atoms with Crippen LogP contribution in [0.5, 0.6) is 5.75 Å². The van der Waals surface area contributed by atoms with Crippen molar-refractivity contribution in [3.63, 3.8) is 0 Å². The van der Waals surface area contributed by atoms with E-state index in [0.29, 0.717) is 33.4 Å². The van der Waals surface area contributed by atoms with Crippen LogP contribution >= 0.6 is 22.9 Å². The number of carbonyl (C=O) groups is 1. The highest BCUT2D eigenvalue weighted by atomic mass is 35.5. The lowest BCUT2D eigenvalue weighted by molar-refractivity contribution is 0.242. The minimum Gasteiger partial charge on any atom is -0.487 e. The maximum Gasteiger partial charge on any atom is 0.315 e. The fraction of sp³-hybridized carbons (Fsp3) is 0.192. The number of urea groups is 1. The molecule has 0 saturated carbocycles. The summed E-state index contributed by atoms with van der Waals surface area (Å²) >= 11 is 7.81. The van der Waals surface area contributed by atoms with Crippen LogP contribution in [-0.2, 0) is 16.6 Å². The first-order valence-corrected chi connectivity index (χ1v) is 14.9. The summed E-state index contributed by atoms with van der Waals surface area (Å²) < 4.78 is 44.2. The number of benzene rings is 2. The van der Waals surface area contributed by atoms with Crippen LogP contribution in [0.15, 0.2) is 54.9 Å². The summed E-state index contributed by atoms with van der Waals surface area (Å²) in [5, 5.41) is 8.73. The minimum absolute atomic E-state index is 0.0951. The standard InChI is InChI=1S/C26H24ClFN6O4S2/c1-40(36,37)33-11-10-30-26(35)29-9-3-6-20-14-22-24(39-20)25(32-16-31-22)34-19-7-8-23(21(27)13-19)38-15-17-4-2-5-18(28)12-17/h2,4-5,7-8,12-14,16,33H,9-11,15H2,1H3,(H2,29,30,35)(H,31,32,34). The van der Waals surface area contributed by atoms with Gasteiger partial charge in [-0.2, -0.15) is 0 Å². The molecule has 4 N–H and O–H groups in total. The van der Waals surface area contributed by atoms with E-state index in [0.717, 1.165) is 15.8 Å². The Bertz CT molecular complexity index is 1690. The average molecular weight is 603 g/mol. The third-order valence-electron chi connectivity index (χ3n) is 5.11. The number of halogens is 2. The van der Waals surface area contributed by atoms with Crippen LogP contribution in [0.25, 0.3) is 10.2 Å². The summed E-state index contributed by atoms with van der Waals surface area (Å²) in [4.78, 5) is 21.2. The topological polar surface area (TPSA) is 134 Å². The van der Waals surface area contributed by atoms with E-state index < -0.39 is 16.1 Å². The number of fused-ring (bicyclic) bond motifs is 1. The Morgan fingerprint density at radius 1 is 1.12 bits per heavy atom. The van der Waals surface area contributed by atoms with Gasteiger partial charge in [0.25, 0.3) is 0 Å². The zero-order chi connectivity index (χ0) is 28.5. The SMILES string of the molecule is CS(=O)(=O)NCCNC(=O)NCC#Cc1cc2ncnc(Nc3ccc(OCc4cccc(F)c4)c(Cl)c3)c2s1. The van der Waals surface area contributed by atoms with Gasteiger partial charge in [0.2, 0.25) is 10.0 Å². The fourth-order valence-electron chi connectivity index (χ4n) is 3.36. The van der Waals surface area contributed by atoms with Gasteiger partial charge in [0, 0.05) is 18.8 Å². The van der Waals surface area contributed by atoms with Crippen molar-refractivity contribution in [1.82, 2.24) is 25.3 Å². The van der Waals surface area contributed by atoms with E-state index in [1.807, 2.05) is 6.07 Å². The first kappa shape index (κ1) is 29.0. The molecule has 0 aliphatic carbocycles. The largest absolute Gasteiger partial charge is 0.487 e. The van der Waals surface area contributed by atoms with Crippen LogP contribution in [0.2, 0.25) is 5.02 Å². The van der Waals surface area contributed by atoms with Gasteiger partial charge in [-0.1, -0.05) is 35.6 Å². The number of nitrogens with one attached hydrogen (secondary N) is 4. The molecular weight excluding hydrogens is 579 g/mol. The molecule has 2 aromatic heterocycles. The van der Waals surface area contributed by atoms with Gasteiger partial charge >= 0.3 is 6.03 Å². The average Bonchev–Trinajstić information content (AvgIpc) is 3.32. The Morgan fingerprint density at radius 2 is 1.98 bits per heavy atom. The molecule has 0 spiro atoms. The number of nitrogens with zero attached hydrogens (tertiary/aromatic N) is 2. The second-order valence-electron chi connectivity index (χ2n) is 8.31. The lowest BCUT2D eigenvalue weighted by Gasteiger charge is -2.11. The first-order chi connectivity index (χ1) is 19.2. The first-order valence-electron chi connectivity index (χ1n) is 11.8. The number of hydrogen-bond acceptors (Lipinski definition) is 8. The molecule has 14 heteroatoms. The summed E-state index contributed by atoms with van der Waals surface area (Å²) in [6, 6.07) is 12.8. The highest BCUT2D eigenvalue weighted by Gasteiger charge is 2.10. The second kappa shape index (κ2) is 13.4. The zero-order valence-corrected chi connectivity index (χ0v) is 23.5. The number of thiophene rings is 1. The molecule has 40 heavy (non-hydrogen) atoms. The highest BCUT2D eigenvalue weighted by molar-refractivity contribution is 7.88. The molecule has 10 nitrogen and oxygen atoms in total. The summed E-state index contributed by atoms with van der Waals surface area (Å²) in [7, 11) is -3.30. The molecule has 0 radical (unpaired) electrons. The van der Waals surface area contributed by atoms with E-state index in [1.54, 1.807) is 30.3 Å². The van der Waals surface area contributed by atoms with E-state index in [-0.39, 0.29) is 32.1 Å². The molecule has 2 aromatic carbocycles.